The van der Waals surface area contributed by atoms with Gasteiger partial charge in [-0.1, -0.05) is 0 Å². The molecule has 1 fully saturated rings. The Kier molecular flexibility index (Phi) is 3.96. The Morgan fingerprint density at radius 3 is 3.06 bits per heavy atom. The number of amides is 1. The maximum atomic E-state index is 11.7. The van der Waals surface area contributed by atoms with Gasteiger partial charge in [0.2, 0.25) is 11.9 Å². The van der Waals surface area contributed by atoms with E-state index in [4.69, 9.17) is 0 Å². The molecule has 2 heterocycles. The molecule has 3 N–H and O–H groups in total. The minimum Gasteiger partial charge on any atom is -0.358 e. The molecule has 0 spiro atoms. The van der Waals surface area contributed by atoms with Gasteiger partial charge in [0.1, 0.15) is 11.9 Å². The fourth-order valence-corrected chi connectivity index (χ4v) is 1.97. The SMILES string of the molecule is CCNc1nc(C)cc(NC2CCCNC2=O)n1. The van der Waals surface area contributed by atoms with Crippen LogP contribution in [0.5, 0.6) is 0 Å². The molecule has 6 nitrogen and oxygen atoms in total. The Hall–Kier alpha value is -1.85. The second-order valence-corrected chi connectivity index (χ2v) is 4.38. The zero-order valence-electron chi connectivity index (χ0n) is 10.8. The molecular weight excluding hydrogens is 230 g/mol. The normalized spacial score (nSPS) is 19.2. The van der Waals surface area contributed by atoms with Crippen LogP contribution < -0.4 is 16.0 Å². The molecule has 0 aliphatic carbocycles. The van der Waals surface area contributed by atoms with Crippen molar-refractivity contribution in [1.29, 1.82) is 0 Å². The third-order valence-electron chi connectivity index (χ3n) is 2.80. The molecule has 18 heavy (non-hydrogen) atoms. The Bertz CT molecular complexity index is 434. The van der Waals surface area contributed by atoms with E-state index in [0.717, 1.165) is 31.6 Å². The molecule has 1 aromatic heterocycles. The quantitative estimate of drug-likeness (QED) is 0.739. The standard InChI is InChI=1S/C12H19N5O/c1-3-13-12-15-8(2)7-10(17-12)16-9-5-4-6-14-11(9)18/h7,9H,3-6H2,1-2H3,(H,14,18)(H2,13,15,16,17). The minimum absolute atomic E-state index is 0.0440. The number of aryl methyl sites for hydroxylation is 1. The zero-order valence-corrected chi connectivity index (χ0v) is 10.8. The van der Waals surface area contributed by atoms with Gasteiger partial charge in [-0.25, -0.2) is 4.98 Å². The van der Waals surface area contributed by atoms with Crippen molar-refractivity contribution in [2.45, 2.75) is 32.7 Å². The molecule has 2 rings (SSSR count). The van der Waals surface area contributed by atoms with E-state index in [1.807, 2.05) is 19.9 Å². The summed E-state index contributed by atoms with van der Waals surface area (Å²) >= 11 is 0. The van der Waals surface area contributed by atoms with Crippen molar-refractivity contribution >= 4 is 17.7 Å². The summed E-state index contributed by atoms with van der Waals surface area (Å²) in [7, 11) is 0. The highest BCUT2D eigenvalue weighted by Crippen LogP contribution is 2.14. The van der Waals surface area contributed by atoms with Crippen molar-refractivity contribution in [2.24, 2.45) is 0 Å². The van der Waals surface area contributed by atoms with Crippen LogP contribution in [0.3, 0.4) is 0 Å². The van der Waals surface area contributed by atoms with Gasteiger partial charge in [0.25, 0.3) is 0 Å². The number of hydrogen-bond acceptors (Lipinski definition) is 5. The summed E-state index contributed by atoms with van der Waals surface area (Å²) in [6.45, 7) is 5.44. The molecule has 0 saturated carbocycles. The largest absolute Gasteiger partial charge is 0.358 e. The molecule has 0 radical (unpaired) electrons. The first kappa shape index (κ1) is 12.6. The fourth-order valence-electron chi connectivity index (χ4n) is 1.97. The van der Waals surface area contributed by atoms with Crippen LogP contribution in [-0.2, 0) is 4.79 Å². The summed E-state index contributed by atoms with van der Waals surface area (Å²) < 4.78 is 0. The number of nitrogens with one attached hydrogen (secondary N) is 3. The van der Waals surface area contributed by atoms with E-state index in [1.54, 1.807) is 0 Å². The average molecular weight is 249 g/mol. The lowest BCUT2D eigenvalue weighted by atomic mass is 10.1. The van der Waals surface area contributed by atoms with Gasteiger partial charge in [0.15, 0.2) is 0 Å². The lowest BCUT2D eigenvalue weighted by Gasteiger charge is -2.23. The lowest BCUT2D eigenvalue weighted by Crippen LogP contribution is -2.44. The van der Waals surface area contributed by atoms with Crippen LogP contribution in [0.4, 0.5) is 11.8 Å². The number of rotatable bonds is 4. The molecule has 1 aromatic rings. The summed E-state index contributed by atoms with van der Waals surface area (Å²) in [6, 6.07) is 1.66. The minimum atomic E-state index is -0.192. The molecule has 1 atom stereocenters. The van der Waals surface area contributed by atoms with E-state index >= 15 is 0 Å². The first-order chi connectivity index (χ1) is 8.69. The van der Waals surface area contributed by atoms with E-state index < -0.39 is 0 Å². The first-order valence-electron chi connectivity index (χ1n) is 6.33. The Labute approximate surface area is 107 Å². The van der Waals surface area contributed by atoms with E-state index in [2.05, 4.69) is 25.9 Å². The van der Waals surface area contributed by atoms with Crippen molar-refractivity contribution in [3.63, 3.8) is 0 Å². The van der Waals surface area contributed by atoms with Crippen molar-refractivity contribution in [3.05, 3.63) is 11.8 Å². The summed E-state index contributed by atoms with van der Waals surface area (Å²) in [5.41, 5.74) is 0.875. The smallest absolute Gasteiger partial charge is 0.242 e. The third kappa shape index (κ3) is 3.09. The van der Waals surface area contributed by atoms with E-state index in [0.29, 0.717) is 11.8 Å². The van der Waals surface area contributed by atoms with Crippen LogP contribution in [0.1, 0.15) is 25.5 Å². The Morgan fingerprint density at radius 2 is 2.33 bits per heavy atom. The summed E-state index contributed by atoms with van der Waals surface area (Å²) in [4.78, 5) is 20.3. The molecule has 0 aromatic carbocycles. The van der Waals surface area contributed by atoms with E-state index in [1.165, 1.54) is 0 Å². The second-order valence-electron chi connectivity index (χ2n) is 4.38. The van der Waals surface area contributed by atoms with Crippen molar-refractivity contribution < 1.29 is 4.79 Å². The molecule has 6 heteroatoms. The topological polar surface area (TPSA) is 78.9 Å². The highest BCUT2D eigenvalue weighted by Gasteiger charge is 2.22. The molecule has 0 bridgehead atoms. The number of aromatic nitrogens is 2. The number of nitrogens with zero attached hydrogens (tertiary/aromatic N) is 2. The highest BCUT2D eigenvalue weighted by molar-refractivity contribution is 5.85. The summed E-state index contributed by atoms with van der Waals surface area (Å²) in [6.07, 6.45) is 1.83. The van der Waals surface area contributed by atoms with Gasteiger partial charge >= 0.3 is 0 Å². The van der Waals surface area contributed by atoms with Crippen LogP contribution >= 0.6 is 0 Å². The lowest BCUT2D eigenvalue weighted by molar-refractivity contribution is -0.123. The monoisotopic (exact) mass is 249 g/mol. The van der Waals surface area contributed by atoms with Crippen molar-refractivity contribution in [3.8, 4) is 0 Å². The van der Waals surface area contributed by atoms with Crippen LogP contribution in [0.25, 0.3) is 0 Å². The molecule has 1 saturated heterocycles. The molecular formula is C12H19N5O. The maximum absolute atomic E-state index is 11.7. The predicted octanol–water partition coefficient (Wildman–Crippen LogP) is 0.907. The van der Waals surface area contributed by atoms with Gasteiger partial charge < -0.3 is 16.0 Å². The number of anilines is 2. The molecule has 1 unspecified atom stereocenters. The molecule has 1 amide bonds. The van der Waals surface area contributed by atoms with E-state index in [-0.39, 0.29) is 11.9 Å². The van der Waals surface area contributed by atoms with Gasteiger partial charge in [-0.3, -0.25) is 4.79 Å². The number of piperidine rings is 1. The first-order valence-corrected chi connectivity index (χ1v) is 6.33. The summed E-state index contributed by atoms with van der Waals surface area (Å²) in [5, 5.41) is 9.09. The van der Waals surface area contributed by atoms with Crippen molar-refractivity contribution in [2.75, 3.05) is 23.7 Å². The zero-order chi connectivity index (χ0) is 13.0. The number of carbonyl (C=O) groups is 1. The highest BCUT2D eigenvalue weighted by atomic mass is 16.2. The second kappa shape index (κ2) is 5.66. The maximum Gasteiger partial charge on any atom is 0.242 e. The fraction of sp³-hybridized carbons (Fsp3) is 0.583. The van der Waals surface area contributed by atoms with E-state index in [9.17, 15) is 4.79 Å². The predicted molar refractivity (Wildman–Crippen MR) is 70.6 cm³/mol. The Balaban J connectivity index is 2.10. The third-order valence-corrected chi connectivity index (χ3v) is 2.80. The van der Waals surface area contributed by atoms with Crippen LogP contribution in [0.15, 0.2) is 6.07 Å². The van der Waals surface area contributed by atoms with Gasteiger partial charge in [-0.05, 0) is 26.7 Å². The van der Waals surface area contributed by atoms with Crippen molar-refractivity contribution in [1.82, 2.24) is 15.3 Å². The van der Waals surface area contributed by atoms with Crippen LogP contribution in [0.2, 0.25) is 0 Å². The average Bonchev–Trinajstić information content (AvgIpc) is 2.32. The Morgan fingerprint density at radius 1 is 1.50 bits per heavy atom. The molecule has 98 valence electrons. The van der Waals surface area contributed by atoms with Gasteiger partial charge in [0, 0.05) is 24.8 Å². The molecule has 1 aliphatic rings. The van der Waals surface area contributed by atoms with Gasteiger partial charge in [0.05, 0.1) is 0 Å². The number of carbonyl (C=O) groups excluding carboxylic acids is 1. The summed E-state index contributed by atoms with van der Waals surface area (Å²) in [5.74, 6) is 1.33. The van der Waals surface area contributed by atoms with Crippen LogP contribution in [0, 0.1) is 6.92 Å². The molecule has 1 aliphatic heterocycles. The van der Waals surface area contributed by atoms with Gasteiger partial charge in [-0.15, -0.1) is 0 Å². The number of hydrogen-bond donors (Lipinski definition) is 3. The van der Waals surface area contributed by atoms with Crippen LogP contribution in [-0.4, -0.2) is 35.0 Å². The van der Waals surface area contributed by atoms with Gasteiger partial charge in [-0.2, -0.15) is 4.98 Å².